The summed E-state index contributed by atoms with van der Waals surface area (Å²) in [6.45, 7) is 2.09. The normalized spacial score (nSPS) is 12.2. The van der Waals surface area contributed by atoms with Crippen LogP contribution in [0, 0.1) is 0 Å². The van der Waals surface area contributed by atoms with Crippen molar-refractivity contribution in [3.63, 3.8) is 0 Å². The molecule has 0 aliphatic heterocycles. The number of nitrogens with zero attached hydrogens (tertiary/aromatic N) is 4. The number of benzene rings is 2. The maximum atomic E-state index is 6.10. The van der Waals surface area contributed by atoms with Crippen molar-refractivity contribution >= 4 is 16.3 Å². The maximum Gasteiger partial charge on any atom is 0.234 e. The van der Waals surface area contributed by atoms with E-state index in [0.717, 1.165) is 39.3 Å². The molecule has 0 N–H and O–H groups in total. The highest BCUT2D eigenvalue weighted by molar-refractivity contribution is 7.16. The molecule has 0 radical (unpaired) electrons. The van der Waals surface area contributed by atoms with Crippen molar-refractivity contribution in [3.05, 3.63) is 71.0 Å². The second-order valence-electron chi connectivity index (χ2n) is 6.10. The van der Waals surface area contributed by atoms with Crippen LogP contribution in [0.5, 0.6) is 11.5 Å². The Morgan fingerprint density at radius 3 is 2.48 bits per heavy atom. The van der Waals surface area contributed by atoms with Crippen molar-refractivity contribution in [1.82, 2.24) is 19.8 Å². The molecule has 4 aromatic rings. The number of methoxy groups -OCH3 is 1. The molecule has 0 unspecified atom stereocenters. The third-order valence-electron chi connectivity index (χ3n) is 4.26. The minimum absolute atomic E-state index is 0.104. The number of hydrogen-bond acceptors (Lipinski definition) is 6. The number of hydrogen-bond donors (Lipinski definition) is 0. The van der Waals surface area contributed by atoms with Crippen LogP contribution in [0.2, 0.25) is 0 Å². The number of fused-ring (bicyclic) bond motifs is 1. The van der Waals surface area contributed by atoms with Crippen molar-refractivity contribution in [1.29, 1.82) is 0 Å². The van der Waals surface area contributed by atoms with Crippen LogP contribution in [0.15, 0.2) is 54.6 Å². The molecule has 1 atom stereocenters. The molecule has 7 heteroatoms. The molecular weight excluding hydrogens is 360 g/mol. The summed E-state index contributed by atoms with van der Waals surface area (Å²) in [6, 6.07) is 17.8. The van der Waals surface area contributed by atoms with E-state index in [1.165, 1.54) is 11.3 Å². The van der Waals surface area contributed by atoms with Gasteiger partial charge in [-0.3, -0.25) is 0 Å². The van der Waals surface area contributed by atoms with Gasteiger partial charge in [0.1, 0.15) is 11.5 Å². The fourth-order valence-electron chi connectivity index (χ4n) is 2.81. The zero-order chi connectivity index (χ0) is 18.6. The average Bonchev–Trinajstić information content (AvgIpc) is 3.29. The van der Waals surface area contributed by atoms with E-state index in [1.807, 2.05) is 59.1 Å². The van der Waals surface area contributed by atoms with Gasteiger partial charge in [0.15, 0.2) is 16.9 Å². The number of rotatable bonds is 7. The van der Waals surface area contributed by atoms with Crippen molar-refractivity contribution in [2.75, 3.05) is 7.11 Å². The first-order chi connectivity index (χ1) is 13.3. The smallest absolute Gasteiger partial charge is 0.234 e. The Morgan fingerprint density at radius 2 is 1.78 bits per heavy atom. The molecule has 2 aromatic heterocycles. The predicted octanol–water partition coefficient (Wildman–Crippen LogP) is 4.32. The summed E-state index contributed by atoms with van der Waals surface area (Å²) in [5, 5.41) is 14.2. The molecule has 0 saturated carbocycles. The Balaban J connectivity index is 1.57. The molecule has 2 heterocycles. The van der Waals surface area contributed by atoms with E-state index < -0.39 is 0 Å². The zero-order valence-electron chi connectivity index (χ0n) is 15.2. The predicted molar refractivity (Wildman–Crippen MR) is 105 cm³/mol. The average molecular weight is 380 g/mol. The van der Waals surface area contributed by atoms with Gasteiger partial charge in [0.25, 0.3) is 0 Å². The lowest BCUT2D eigenvalue weighted by Gasteiger charge is -2.14. The second kappa shape index (κ2) is 7.75. The summed E-state index contributed by atoms with van der Waals surface area (Å²) >= 11 is 1.52. The van der Waals surface area contributed by atoms with Crippen molar-refractivity contribution in [3.8, 4) is 11.5 Å². The molecule has 0 amide bonds. The van der Waals surface area contributed by atoms with Gasteiger partial charge in [-0.2, -0.15) is 9.61 Å². The molecule has 138 valence electrons. The summed E-state index contributed by atoms with van der Waals surface area (Å²) in [5.74, 6) is 2.49. The highest BCUT2D eigenvalue weighted by Crippen LogP contribution is 2.28. The fourth-order valence-corrected chi connectivity index (χ4v) is 3.78. The first-order valence-electron chi connectivity index (χ1n) is 8.82. The van der Waals surface area contributed by atoms with Crippen molar-refractivity contribution in [2.24, 2.45) is 0 Å². The van der Waals surface area contributed by atoms with E-state index in [2.05, 4.69) is 17.1 Å². The van der Waals surface area contributed by atoms with E-state index in [-0.39, 0.29) is 6.10 Å². The van der Waals surface area contributed by atoms with Gasteiger partial charge < -0.3 is 9.47 Å². The topological polar surface area (TPSA) is 61.5 Å². The Hall–Kier alpha value is -2.93. The molecule has 0 spiro atoms. The molecule has 0 fully saturated rings. The van der Waals surface area contributed by atoms with Gasteiger partial charge in [-0.1, -0.05) is 48.6 Å². The molecule has 0 aliphatic carbocycles. The number of aromatic nitrogens is 4. The maximum absolute atomic E-state index is 6.10. The standard InChI is InChI=1S/C20H20N4O2S/c1-3-17(26-16-7-5-4-6-8-16)19-23-24-18(21-22-20(24)27-19)13-14-9-11-15(25-2)12-10-14/h4-12,17H,3,13H2,1-2H3/t17-/m1/s1. The Bertz CT molecular complexity index is 1010. The summed E-state index contributed by atoms with van der Waals surface area (Å²) in [6.07, 6.45) is 1.38. The third kappa shape index (κ3) is 3.78. The summed E-state index contributed by atoms with van der Waals surface area (Å²) in [4.78, 5) is 0.781. The molecule has 6 nitrogen and oxygen atoms in total. The monoisotopic (exact) mass is 380 g/mol. The Labute approximate surface area is 161 Å². The number of para-hydroxylation sites is 1. The minimum atomic E-state index is -0.104. The van der Waals surface area contributed by atoms with Crippen LogP contribution in [0.25, 0.3) is 4.96 Å². The lowest BCUT2D eigenvalue weighted by molar-refractivity contribution is 0.199. The summed E-state index contributed by atoms with van der Waals surface area (Å²) in [7, 11) is 1.66. The van der Waals surface area contributed by atoms with E-state index in [1.54, 1.807) is 7.11 Å². The lowest BCUT2D eigenvalue weighted by Crippen LogP contribution is -2.07. The Morgan fingerprint density at radius 1 is 1.00 bits per heavy atom. The van der Waals surface area contributed by atoms with Gasteiger partial charge >= 0.3 is 0 Å². The van der Waals surface area contributed by atoms with Crippen molar-refractivity contribution < 1.29 is 9.47 Å². The largest absolute Gasteiger partial charge is 0.497 e. The highest BCUT2D eigenvalue weighted by Gasteiger charge is 2.20. The third-order valence-corrected chi connectivity index (χ3v) is 5.25. The van der Waals surface area contributed by atoms with Crippen LogP contribution in [0.4, 0.5) is 0 Å². The first kappa shape index (κ1) is 17.5. The molecule has 0 saturated heterocycles. The van der Waals surface area contributed by atoms with Gasteiger partial charge in [-0.25, -0.2) is 0 Å². The van der Waals surface area contributed by atoms with Gasteiger partial charge in [0.05, 0.1) is 7.11 Å². The molecule has 2 aromatic carbocycles. The van der Waals surface area contributed by atoms with Crippen LogP contribution in [-0.2, 0) is 6.42 Å². The fraction of sp³-hybridized carbons (Fsp3) is 0.250. The van der Waals surface area contributed by atoms with Crippen LogP contribution in [-0.4, -0.2) is 26.9 Å². The lowest BCUT2D eigenvalue weighted by atomic mass is 10.1. The van der Waals surface area contributed by atoms with Gasteiger partial charge in [-0.05, 0) is 36.2 Å². The summed E-state index contributed by atoms with van der Waals surface area (Å²) < 4.78 is 13.1. The van der Waals surface area contributed by atoms with Crippen molar-refractivity contribution in [2.45, 2.75) is 25.9 Å². The van der Waals surface area contributed by atoms with Gasteiger partial charge in [-0.15, -0.1) is 10.2 Å². The zero-order valence-corrected chi connectivity index (χ0v) is 16.0. The van der Waals surface area contributed by atoms with Crippen LogP contribution >= 0.6 is 11.3 Å². The van der Waals surface area contributed by atoms with Crippen LogP contribution in [0.1, 0.15) is 35.8 Å². The second-order valence-corrected chi connectivity index (χ2v) is 7.09. The van der Waals surface area contributed by atoms with Crippen LogP contribution < -0.4 is 9.47 Å². The van der Waals surface area contributed by atoms with Gasteiger partial charge in [0, 0.05) is 6.42 Å². The first-order valence-corrected chi connectivity index (χ1v) is 9.64. The molecule has 0 aliphatic rings. The van der Waals surface area contributed by atoms with Gasteiger partial charge in [0.2, 0.25) is 4.96 Å². The van der Waals surface area contributed by atoms with E-state index in [4.69, 9.17) is 14.6 Å². The van der Waals surface area contributed by atoms with E-state index in [9.17, 15) is 0 Å². The SMILES string of the molecule is CC[C@@H](Oc1ccccc1)c1nn2c(Cc3ccc(OC)cc3)nnc2s1. The highest BCUT2D eigenvalue weighted by atomic mass is 32.1. The minimum Gasteiger partial charge on any atom is -0.497 e. The Kier molecular flexibility index (Phi) is 5.02. The molecule has 4 rings (SSSR count). The van der Waals surface area contributed by atoms with E-state index in [0.29, 0.717) is 6.42 Å². The van der Waals surface area contributed by atoms with E-state index >= 15 is 0 Å². The molecule has 27 heavy (non-hydrogen) atoms. The number of ether oxygens (including phenoxy) is 2. The quantitative estimate of drug-likeness (QED) is 0.478. The molecule has 0 bridgehead atoms. The summed E-state index contributed by atoms with van der Waals surface area (Å²) in [5.41, 5.74) is 1.13. The molecular formula is C20H20N4O2S. The van der Waals surface area contributed by atoms with Crippen LogP contribution in [0.3, 0.4) is 0 Å².